The second kappa shape index (κ2) is 10.2. The van der Waals surface area contributed by atoms with Crippen molar-refractivity contribution in [2.45, 2.75) is 31.9 Å². The molecule has 2 amide bonds. The molecule has 33 heavy (non-hydrogen) atoms. The standard InChI is InChI=1S/C25H29ClFN3O3/c1-16-15-30(12-13-33-16)22(23-19(26)7-5-8-20(23)27)14-28-24(31)18-6-3-4-9-21(18)29(2)25(32)17-10-11-17/h3-9,16-17,22H,10-15H2,1-2H3,(H,28,31). The summed E-state index contributed by atoms with van der Waals surface area (Å²) >= 11 is 6.39. The fourth-order valence-corrected chi connectivity index (χ4v) is 4.63. The van der Waals surface area contributed by atoms with E-state index in [-0.39, 0.29) is 30.4 Å². The number of halogens is 2. The number of carbonyl (C=O) groups is 2. The lowest BCUT2D eigenvalue weighted by atomic mass is 10.0. The summed E-state index contributed by atoms with van der Waals surface area (Å²) in [5, 5.41) is 3.28. The third kappa shape index (κ3) is 5.37. The lowest BCUT2D eigenvalue weighted by Crippen LogP contribution is -2.47. The fourth-order valence-electron chi connectivity index (χ4n) is 4.34. The van der Waals surface area contributed by atoms with Crippen LogP contribution in [0.2, 0.25) is 5.02 Å². The quantitative estimate of drug-likeness (QED) is 0.659. The molecule has 2 fully saturated rings. The van der Waals surface area contributed by atoms with Crippen molar-refractivity contribution in [2.75, 3.05) is 38.2 Å². The van der Waals surface area contributed by atoms with Crippen LogP contribution in [-0.2, 0) is 9.53 Å². The highest BCUT2D eigenvalue weighted by Gasteiger charge is 2.34. The van der Waals surface area contributed by atoms with Gasteiger partial charge in [0.05, 0.1) is 30.0 Å². The minimum atomic E-state index is -0.452. The van der Waals surface area contributed by atoms with Crippen LogP contribution in [0.3, 0.4) is 0 Å². The summed E-state index contributed by atoms with van der Waals surface area (Å²) in [7, 11) is 1.70. The predicted molar refractivity (Wildman–Crippen MR) is 126 cm³/mol. The molecule has 1 N–H and O–H groups in total. The van der Waals surface area contributed by atoms with Crippen molar-refractivity contribution in [3.8, 4) is 0 Å². The highest BCUT2D eigenvalue weighted by molar-refractivity contribution is 6.31. The zero-order valence-electron chi connectivity index (χ0n) is 18.9. The summed E-state index contributed by atoms with van der Waals surface area (Å²) in [6.45, 7) is 3.86. The number of rotatable bonds is 7. The molecule has 1 heterocycles. The van der Waals surface area contributed by atoms with Crippen LogP contribution in [-0.4, -0.2) is 56.1 Å². The number of nitrogens with one attached hydrogen (secondary N) is 1. The third-order valence-corrected chi connectivity index (χ3v) is 6.60. The first-order chi connectivity index (χ1) is 15.9. The molecule has 0 spiro atoms. The van der Waals surface area contributed by atoms with Crippen molar-refractivity contribution in [1.82, 2.24) is 10.2 Å². The van der Waals surface area contributed by atoms with Gasteiger partial charge in [-0.1, -0.05) is 29.8 Å². The Bertz CT molecular complexity index is 1010. The van der Waals surface area contributed by atoms with E-state index < -0.39 is 11.9 Å². The number of morpholine rings is 1. The number of hydrogen-bond acceptors (Lipinski definition) is 4. The minimum absolute atomic E-state index is 0.00897. The molecule has 2 aromatic rings. The van der Waals surface area contributed by atoms with E-state index in [0.717, 1.165) is 12.8 Å². The van der Waals surface area contributed by atoms with Crippen LogP contribution in [0.4, 0.5) is 10.1 Å². The van der Waals surface area contributed by atoms with E-state index in [1.165, 1.54) is 6.07 Å². The van der Waals surface area contributed by atoms with E-state index in [9.17, 15) is 14.0 Å². The van der Waals surface area contributed by atoms with Gasteiger partial charge in [-0.15, -0.1) is 0 Å². The predicted octanol–water partition coefficient (Wildman–Crippen LogP) is 4.04. The number of ether oxygens (including phenoxy) is 1. The molecule has 0 aromatic heterocycles. The van der Waals surface area contributed by atoms with Gasteiger partial charge in [-0.05, 0) is 44.0 Å². The first-order valence-corrected chi connectivity index (χ1v) is 11.7. The van der Waals surface area contributed by atoms with Crippen LogP contribution in [0.5, 0.6) is 0 Å². The van der Waals surface area contributed by atoms with Crippen molar-refractivity contribution in [3.63, 3.8) is 0 Å². The zero-order chi connectivity index (χ0) is 23.5. The maximum absolute atomic E-state index is 14.8. The van der Waals surface area contributed by atoms with Gasteiger partial charge in [-0.3, -0.25) is 14.5 Å². The Morgan fingerprint density at radius 3 is 2.70 bits per heavy atom. The maximum atomic E-state index is 14.8. The highest BCUT2D eigenvalue weighted by Crippen LogP contribution is 2.34. The number of anilines is 1. The van der Waals surface area contributed by atoms with Gasteiger partial charge in [0.2, 0.25) is 5.91 Å². The molecule has 1 saturated heterocycles. The molecule has 2 unspecified atom stereocenters. The zero-order valence-corrected chi connectivity index (χ0v) is 19.6. The molecule has 1 saturated carbocycles. The van der Waals surface area contributed by atoms with Crippen molar-refractivity contribution < 1.29 is 18.7 Å². The molecule has 2 aromatic carbocycles. The molecule has 2 atom stereocenters. The van der Waals surface area contributed by atoms with Crippen molar-refractivity contribution >= 4 is 29.1 Å². The second-order valence-electron chi connectivity index (χ2n) is 8.73. The summed E-state index contributed by atoms with van der Waals surface area (Å²) in [6, 6.07) is 11.2. The molecular weight excluding hydrogens is 445 g/mol. The number of hydrogen-bond donors (Lipinski definition) is 1. The average molecular weight is 474 g/mol. The topological polar surface area (TPSA) is 61.9 Å². The van der Waals surface area contributed by atoms with E-state index in [0.29, 0.717) is 41.5 Å². The molecule has 2 aliphatic rings. The van der Waals surface area contributed by atoms with Gasteiger partial charge >= 0.3 is 0 Å². The van der Waals surface area contributed by atoms with E-state index >= 15 is 0 Å². The molecule has 4 rings (SSSR count). The molecule has 0 radical (unpaired) electrons. The smallest absolute Gasteiger partial charge is 0.253 e. The van der Waals surface area contributed by atoms with Crippen LogP contribution in [0, 0.1) is 11.7 Å². The number of carbonyl (C=O) groups excluding carboxylic acids is 2. The van der Waals surface area contributed by atoms with Gasteiger partial charge in [0.15, 0.2) is 0 Å². The van der Waals surface area contributed by atoms with Gasteiger partial charge < -0.3 is 15.0 Å². The number of benzene rings is 2. The van der Waals surface area contributed by atoms with Gasteiger partial charge in [-0.2, -0.15) is 0 Å². The van der Waals surface area contributed by atoms with E-state index in [4.69, 9.17) is 16.3 Å². The summed E-state index contributed by atoms with van der Waals surface area (Å²) < 4.78 is 20.5. The first kappa shape index (κ1) is 23.7. The lowest BCUT2D eigenvalue weighted by Gasteiger charge is -2.38. The molecule has 1 aliphatic heterocycles. The Hall–Kier alpha value is -2.48. The monoisotopic (exact) mass is 473 g/mol. The van der Waals surface area contributed by atoms with Gasteiger partial charge in [0.1, 0.15) is 5.82 Å². The second-order valence-corrected chi connectivity index (χ2v) is 9.13. The SMILES string of the molecule is CC1CN(C(CNC(=O)c2ccccc2N(C)C(=O)C2CC2)c2c(F)cccc2Cl)CCO1. The summed E-state index contributed by atoms with van der Waals surface area (Å²) in [4.78, 5) is 29.4. The van der Waals surface area contributed by atoms with Crippen LogP contribution in [0.25, 0.3) is 0 Å². The van der Waals surface area contributed by atoms with Crippen molar-refractivity contribution in [2.24, 2.45) is 5.92 Å². The van der Waals surface area contributed by atoms with Gasteiger partial charge in [0.25, 0.3) is 5.91 Å². The highest BCUT2D eigenvalue weighted by atomic mass is 35.5. The molecule has 1 aliphatic carbocycles. The van der Waals surface area contributed by atoms with Crippen LogP contribution < -0.4 is 10.2 Å². The lowest BCUT2D eigenvalue weighted by molar-refractivity contribution is -0.119. The molecular formula is C25H29ClFN3O3. The average Bonchev–Trinajstić information content (AvgIpc) is 3.65. The Labute approximate surface area is 198 Å². The van der Waals surface area contributed by atoms with Crippen molar-refractivity contribution in [3.05, 3.63) is 64.4 Å². The largest absolute Gasteiger partial charge is 0.376 e. The van der Waals surface area contributed by atoms with Gasteiger partial charge in [-0.25, -0.2) is 4.39 Å². The van der Waals surface area contributed by atoms with E-state index in [2.05, 4.69) is 10.2 Å². The Balaban J connectivity index is 1.56. The van der Waals surface area contributed by atoms with Crippen LogP contribution in [0.1, 0.15) is 41.7 Å². The van der Waals surface area contributed by atoms with Crippen molar-refractivity contribution in [1.29, 1.82) is 0 Å². The Morgan fingerprint density at radius 2 is 2.00 bits per heavy atom. The number of amides is 2. The van der Waals surface area contributed by atoms with E-state index in [1.807, 2.05) is 6.92 Å². The molecule has 0 bridgehead atoms. The first-order valence-electron chi connectivity index (χ1n) is 11.3. The molecule has 6 nitrogen and oxygen atoms in total. The summed E-state index contributed by atoms with van der Waals surface area (Å²) in [5.74, 6) is -0.661. The number of para-hydroxylation sites is 1. The maximum Gasteiger partial charge on any atom is 0.253 e. The summed E-state index contributed by atoms with van der Waals surface area (Å²) in [6.07, 6.45) is 1.77. The molecule has 176 valence electrons. The number of nitrogens with zero attached hydrogens (tertiary/aromatic N) is 2. The fraction of sp³-hybridized carbons (Fsp3) is 0.440. The van der Waals surface area contributed by atoms with E-state index in [1.54, 1.807) is 48.3 Å². The normalized spacial score (nSPS) is 19.7. The molecule has 8 heteroatoms. The minimum Gasteiger partial charge on any atom is -0.376 e. The summed E-state index contributed by atoms with van der Waals surface area (Å²) in [5.41, 5.74) is 1.33. The van der Waals surface area contributed by atoms with Crippen LogP contribution in [0.15, 0.2) is 42.5 Å². The van der Waals surface area contributed by atoms with Crippen LogP contribution >= 0.6 is 11.6 Å². The Kier molecular flexibility index (Phi) is 7.32. The Morgan fingerprint density at radius 1 is 1.24 bits per heavy atom. The van der Waals surface area contributed by atoms with Gasteiger partial charge in [0, 0.05) is 43.2 Å². The third-order valence-electron chi connectivity index (χ3n) is 6.27.